The summed E-state index contributed by atoms with van der Waals surface area (Å²) >= 11 is 6.14. The lowest BCUT2D eigenvalue weighted by molar-refractivity contribution is 0.553. The molecule has 0 aliphatic heterocycles. The van der Waals surface area contributed by atoms with E-state index in [-0.39, 0.29) is 5.82 Å². The van der Waals surface area contributed by atoms with E-state index in [9.17, 15) is 4.39 Å². The number of nitrogens with one attached hydrogen (secondary N) is 1. The number of benzene rings is 2. The molecule has 1 N–H and O–H groups in total. The summed E-state index contributed by atoms with van der Waals surface area (Å²) in [7, 11) is 0. The molecule has 21 heavy (non-hydrogen) atoms. The third kappa shape index (κ3) is 3.84. The highest BCUT2D eigenvalue weighted by Gasteiger charge is 2.09. The van der Waals surface area contributed by atoms with Crippen LogP contribution < -0.4 is 5.32 Å². The molecule has 0 fully saturated rings. The lowest BCUT2D eigenvalue weighted by atomic mass is 9.96. The van der Waals surface area contributed by atoms with Crippen molar-refractivity contribution < 1.29 is 4.39 Å². The summed E-state index contributed by atoms with van der Waals surface area (Å²) in [6.45, 7) is 8.64. The highest BCUT2D eigenvalue weighted by molar-refractivity contribution is 6.31. The normalized spacial score (nSPS) is 11.2. The summed E-state index contributed by atoms with van der Waals surface area (Å²) in [4.78, 5) is 0. The molecule has 0 heterocycles. The van der Waals surface area contributed by atoms with Crippen LogP contribution in [0.4, 0.5) is 4.39 Å². The fourth-order valence-corrected chi connectivity index (χ4v) is 2.50. The van der Waals surface area contributed by atoms with Gasteiger partial charge in [0.15, 0.2) is 0 Å². The van der Waals surface area contributed by atoms with E-state index in [4.69, 9.17) is 11.6 Å². The van der Waals surface area contributed by atoms with Crippen LogP contribution >= 0.6 is 11.6 Å². The molecule has 0 spiro atoms. The summed E-state index contributed by atoms with van der Waals surface area (Å²) in [5.41, 5.74) is 4.94. The van der Waals surface area contributed by atoms with Crippen LogP contribution in [0, 0.1) is 19.7 Å². The van der Waals surface area contributed by atoms with Gasteiger partial charge in [0.1, 0.15) is 5.82 Å². The van der Waals surface area contributed by atoms with Crippen LogP contribution in [0.5, 0.6) is 0 Å². The maximum atomic E-state index is 13.9. The topological polar surface area (TPSA) is 12.0 Å². The van der Waals surface area contributed by atoms with E-state index in [0.717, 1.165) is 27.3 Å². The Labute approximate surface area is 131 Å². The second-order valence-corrected chi connectivity index (χ2v) is 6.17. The smallest absolute Gasteiger partial charge is 0.127 e. The molecule has 2 aromatic carbocycles. The molecule has 3 heteroatoms. The average Bonchev–Trinajstić information content (AvgIpc) is 2.42. The SMILES string of the molecule is Cc1cc(-c2ccc(F)c(CNC(C)C)c2)c(C)cc1Cl. The molecule has 0 saturated carbocycles. The van der Waals surface area contributed by atoms with Crippen LogP contribution in [-0.2, 0) is 6.54 Å². The van der Waals surface area contributed by atoms with Crippen LogP contribution in [0.1, 0.15) is 30.5 Å². The minimum Gasteiger partial charge on any atom is -0.310 e. The van der Waals surface area contributed by atoms with Gasteiger partial charge in [0.2, 0.25) is 0 Å². The van der Waals surface area contributed by atoms with E-state index in [1.165, 1.54) is 6.07 Å². The molecule has 112 valence electrons. The van der Waals surface area contributed by atoms with Gasteiger partial charge in [0.25, 0.3) is 0 Å². The number of rotatable bonds is 4. The number of halogens is 2. The molecule has 2 rings (SSSR count). The van der Waals surface area contributed by atoms with Crippen LogP contribution in [0.2, 0.25) is 5.02 Å². The van der Waals surface area contributed by atoms with Crippen molar-refractivity contribution in [1.82, 2.24) is 5.32 Å². The summed E-state index contributed by atoms with van der Waals surface area (Å²) in [5, 5.41) is 4.02. The third-order valence-corrected chi connectivity index (χ3v) is 3.97. The molecule has 0 saturated heterocycles. The van der Waals surface area contributed by atoms with Crippen molar-refractivity contribution >= 4 is 11.6 Å². The van der Waals surface area contributed by atoms with Crippen molar-refractivity contribution in [1.29, 1.82) is 0 Å². The minimum atomic E-state index is -0.171. The van der Waals surface area contributed by atoms with Crippen molar-refractivity contribution in [3.63, 3.8) is 0 Å². The van der Waals surface area contributed by atoms with Crippen molar-refractivity contribution in [3.8, 4) is 11.1 Å². The molecule has 0 aliphatic carbocycles. The zero-order valence-electron chi connectivity index (χ0n) is 12.9. The van der Waals surface area contributed by atoms with Crippen LogP contribution in [-0.4, -0.2) is 6.04 Å². The maximum Gasteiger partial charge on any atom is 0.127 e. The first kappa shape index (κ1) is 16.0. The van der Waals surface area contributed by atoms with Crippen molar-refractivity contribution in [2.45, 2.75) is 40.3 Å². The van der Waals surface area contributed by atoms with E-state index < -0.39 is 0 Å². The lowest BCUT2D eigenvalue weighted by Gasteiger charge is -2.13. The summed E-state index contributed by atoms with van der Waals surface area (Å²) in [6.07, 6.45) is 0. The number of hydrogen-bond acceptors (Lipinski definition) is 1. The zero-order chi connectivity index (χ0) is 15.6. The molecule has 0 unspecified atom stereocenters. The quantitative estimate of drug-likeness (QED) is 0.812. The van der Waals surface area contributed by atoms with Gasteiger partial charge in [-0.25, -0.2) is 4.39 Å². The summed E-state index contributed by atoms with van der Waals surface area (Å²) in [5.74, 6) is -0.171. The summed E-state index contributed by atoms with van der Waals surface area (Å²) in [6, 6.07) is 9.62. The molecule has 0 bridgehead atoms. The van der Waals surface area contributed by atoms with Crippen molar-refractivity contribution in [3.05, 3.63) is 57.9 Å². The number of aryl methyl sites for hydroxylation is 2. The number of hydrogen-bond donors (Lipinski definition) is 1. The molecular weight excluding hydrogens is 285 g/mol. The molecular formula is C18H21ClFN. The molecule has 0 aromatic heterocycles. The Balaban J connectivity index is 2.41. The second kappa shape index (κ2) is 6.59. The predicted octanol–water partition coefficient (Wildman–Crippen LogP) is 5.26. The van der Waals surface area contributed by atoms with Gasteiger partial charge in [-0.2, -0.15) is 0 Å². The minimum absolute atomic E-state index is 0.171. The Hall–Kier alpha value is -1.38. The van der Waals surface area contributed by atoms with Crippen molar-refractivity contribution in [2.24, 2.45) is 0 Å². The molecule has 1 nitrogen and oxygen atoms in total. The Kier molecular flexibility index (Phi) is 5.02. The third-order valence-electron chi connectivity index (χ3n) is 3.56. The fraction of sp³-hybridized carbons (Fsp3) is 0.333. The molecule has 0 radical (unpaired) electrons. The monoisotopic (exact) mass is 305 g/mol. The first-order chi connectivity index (χ1) is 9.88. The van der Waals surface area contributed by atoms with E-state index in [0.29, 0.717) is 18.2 Å². The van der Waals surface area contributed by atoms with Crippen LogP contribution in [0.15, 0.2) is 30.3 Å². The second-order valence-electron chi connectivity index (χ2n) is 5.76. The zero-order valence-corrected chi connectivity index (χ0v) is 13.7. The standard InChI is InChI=1S/C18H21ClFN/c1-11(2)21-10-15-9-14(5-6-18(15)20)16-7-13(4)17(19)8-12(16)3/h5-9,11,21H,10H2,1-4H3. The van der Waals surface area contributed by atoms with Crippen LogP contribution in [0.25, 0.3) is 11.1 Å². The van der Waals surface area contributed by atoms with Gasteiger partial charge in [-0.15, -0.1) is 0 Å². The van der Waals surface area contributed by atoms with Gasteiger partial charge in [-0.1, -0.05) is 31.5 Å². The highest BCUT2D eigenvalue weighted by Crippen LogP contribution is 2.30. The molecule has 2 aromatic rings. The Morgan fingerprint density at radius 1 is 1.10 bits per heavy atom. The maximum absolute atomic E-state index is 13.9. The molecule has 0 atom stereocenters. The fourth-order valence-electron chi connectivity index (χ4n) is 2.28. The average molecular weight is 306 g/mol. The van der Waals surface area contributed by atoms with Gasteiger partial charge in [-0.05, 0) is 60.4 Å². The first-order valence-electron chi connectivity index (χ1n) is 7.17. The Morgan fingerprint density at radius 2 is 1.81 bits per heavy atom. The van der Waals surface area contributed by atoms with E-state index in [1.807, 2.05) is 32.0 Å². The predicted molar refractivity (Wildman–Crippen MR) is 88.3 cm³/mol. The van der Waals surface area contributed by atoms with Gasteiger partial charge >= 0.3 is 0 Å². The van der Waals surface area contributed by atoms with Gasteiger partial charge in [0.05, 0.1) is 0 Å². The van der Waals surface area contributed by atoms with E-state index in [1.54, 1.807) is 0 Å². The van der Waals surface area contributed by atoms with Gasteiger partial charge in [0, 0.05) is 23.2 Å². The summed E-state index contributed by atoms with van der Waals surface area (Å²) < 4.78 is 13.9. The van der Waals surface area contributed by atoms with E-state index in [2.05, 4.69) is 25.2 Å². The Bertz CT molecular complexity index is 650. The lowest BCUT2D eigenvalue weighted by Crippen LogP contribution is -2.22. The first-order valence-corrected chi connectivity index (χ1v) is 7.55. The van der Waals surface area contributed by atoms with Gasteiger partial charge in [-0.3, -0.25) is 0 Å². The van der Waals surface area contributed by atoms with Crippen LogP contribution in [0.3, 0.4) is 0 Å². The molecule has 0 amide bonds. The highest BCUT2D eigenvalue weighted by atomic mass is 35.5. The molecule has 0 aliphatic rings. The van der Waals surface area contributed by atoms with Gasteiger partial charge < -0.3 is 5.32 Å². The van der Waals surface area contributed by atoms with E-state index >= 15 is 0 Å². The Morgan fingerprint density at radius 3 is 2.48 bits per heavy atom. The van der Waals surface area contributed by atoms with Crippen molar-refractivity contribution in [2.75, 3.05) is 0 Å². The largest absolute Gasteiger partial charge is 0.310 e.